The SMILES string of the molecule is Nc1ncnc2c1ncn2[C@@H]1O[C@]2(COCc3ccccc3)C3C1O[C@]3(OCc1ccccc1)C21CC1. The molecule has 2 saturated heterocycles. The van der Waals surface area contributed by atoms with Gasteiger partial charge in [-0.05, 0) is 24.0 Å². The Kier molecular flexibility index (Phi) is 4.44. The van der Waals surface area contributed by atoms with Gasteiger partial charge in [0.2, 0.25) is 0 Å². The molecular formula is C28H27N5O4. The van der Waals surface area contributed by atoms with Crippen molar-refractivity contribution in [2.75, 3.05) is 12.3 Å². The zero-order chi connectivity index (χ0) is 24.7. The van der Waals surface area contributed by atoms with Crippen LogP contribution in [0, 0.1) is 11.3 Å². The number of nitrogens with two attached hydrogens (primary N) is 1. The fraction of sp³-hybridized carbons (Fsp3) is 0.393. The number of hydrogen-bond acceptors (Lipinski definition) is 8. The van der Waals surface area contributed by atoms with E-state index in [2.05, 4.69) is 39.2 Å². The van der Waals surface area contributed by atoms with Crippen LogP contribution in [0.25, 0.3) is 11.2 Å². The molecule has 5 atom stereocenters. The molecule has 2 aliphatic carbocycles. The number of rotatable bonds is 8. The highest BCUT2D eigenvalue weighted by Gasteiger charge is 2.97. The standard InChI is InChI=1S/C28H27N5O4/c29-23-20-24(31-16-30-23)33(17-32-20)25-21-22-27(37-25,15-34-13-18-7-3-1-4-8-18)26(11-12-26)28(22,36-21)35-14-19-9-5-2-6-10-19/h1-10,16-17,21-22,25H,11-15H2,(H2,29,30,31)/t21?,22?,25-,27-,28+/m1/s1. The molecule has 2 aliphatic heterocycles. The first kappa shape index (κ1) is 21.7. The van der Waals surface area contributed by atoms with Crippen LogP contribution < -0.4 is 5.73 Å². The summed E-state index contributed by atoms with van der Waals surface area (Å²) in [6.07, 6.45) is 4.53. The second-order valence-corrected chi connectivity index (χ2v) is 10.5. The molecule has 9 heteroatoms. The Balaban J connectivity index is 1.13. The molecule has 0 bridgehead atoms. The van der Waals surface area contributed by atoms with Crippen molar-refractivity contribution in [2.45, 2.75) is 49.8 Å². The minimum Gasteiger partial charge on any atom is -0.382 e. The molecule has 8 rings (SSSR count). The van der Waals surface area contributed by atoms with Gasteiger partial charge in [0.15, 0.2) is 23.5 Å². The monoisotopic (exact) mass is 497 g/mol. The molecule has 4 heterocycles. The van der Waals surface area contributed by atoms with E-state index in [4.69, 9.17) is 24.7 Å². The normalized spacial score (nSPS) is 32.2. The average Bonchev–Trinajstić information content (AvgIpc) is 3.59. The molecule has 2 N–H and O–H groups in total. The fourth-order valence-electron chi connectivity index (χ4n) is 7.03. The summed E-state index contributed by atoms with van der Waals surface area (Å²) in [4.78, 5) is 13.0. The van der Waals surface area contributed by atoms with Crippen LogP contribution >= 0.6 is 0 Å². The third kappa shape index (κ3) is 2.74. The van der Waals surface area contributed by atoms with Gasteiger partial charge in [-0.25, -0.2) is 15.0 Å². The predicted octanol–water partition coefficient (Wildman–Crippen LogP) is 3.61. The van der Waals surface area contributed by atoms with Crippen molar-refractivity contribution in [1.29, 1.82) is 0 Å². The zero-order valence-electron chi connectivity index (χ0n) is 20.2. The summed E-state index contributed by atoms with van der Waals surface area (Å²) in [5.74, 6) is -0.272. The number of nitrogens with zero attached hydrogens (tertiary/aromatic N) is 4. The van der Waals surface area contributed by atoms with Gasteiger partial charge in [0.1, 0.15) is 23.5 Å². The highest BCUT2D eigenvalue weighted by molar-refractivity contribution is 5.81. The number of anilines is 1. The smallest absolute Gasteiger partial charge is 0.186 e. The Bertz CT molecular complexity index is 1480. The fourth-order valence-corrected chi connectivity index (χ4v) is 7.03. The van der Waals surface area contributed by atoms with Gasteiger partial charge >= 0.3 is 0 Å². The van der Waals surface area contributed by atoms with E-state index in [1.54, 1.807) is 6.33 Å². The molecule has 2 aromatic carbocycles. The third-order valence-corrected chi connectivity index (χ3v) is 8.78. The number of aromatic nitrogens is 4. The van der Waals surface area contributed by atoms with Crippen molar-refractivity contribution in [3.63, 3.8) is 0 Å². The highest BCUT2D eigenvalue weighted by Crippen LogP contribution is 2.86. The van der Waals surface area contributed by atoms with Crippen LogP contribution in [0.4, 0.5) is 5.82 Å². The van der Waals surface area contributed by atoms with Gasteiger partial charge in [-0.3, -0.25) is 4.57 Å². The second-order valence-electron chi connectivity index (χ2n) is 10.5. The van der Waals surface area contributed by atoms with E-state index in [0.717, 1.165) is 24.0 Å². The van der Waals surface area contributed by atoms with E-state index in [1.165, 1.54) is 6.33 Å². The van der Waals surface area contributed by atoms with Crippen LogP contribution in [0.2, 0.25) is 0 Å². The zero-order valence-corrected chi connectivity index (χ0v) is 20.2. The molecule has 0 radical (unpaired) electrons. The van der Waals surface area contributed by atoms with Crippen molar-refractivity contribution < 1.29 is 18.9 Å². The number of benzene rings is 2. The summed E-state index contributed by atoms with van der Waals surface area (Å²) in [5, 5.41) is 0. The van der Waals surface area contributed by atoms with E-state index in [0.29, 0.717) is 36.8 Å². The lowest BCUT2D eigenvalue weighted by Crippen LogP contribution is -2.85. The summed E-state index contributed by atoms with van der Waals surface area (Å²) in [7, 11) is 0. The lowest BCUT2D eigenvalue weighted by molar-refractivity contribution is -0.495. The minimum absolute atomic E-state index is 0.0450. The van der Waals surface area contributed by atoms with Crippen LogP contribution in [-0.2, 0) is 32.2 Å². The molecule has 9 nitrogen and oxygen atoms in total. The van der Waals surface area contributed by atoms with Crippen LogP contribution in [0.1, 0.15) is 30.2 Å². The molecule has 4 aliphatic rings. The van der Waals surface area contributed by atoms with Gasteiger partial charge in [0.05, 0.1) is 37.5 Å². The number of imidazole rings is 1. The van der Waals surface area contributed by atoms with Gasteiger partial charge in [-0.1, -0.05) is 60.7 Å². The summed E-state index contributed by atoms with van der Waals surface area (Å²) in [6.45, 7) is 1.50. The average molecular weight is 498 g/mol. The lowest BCUT2D eigenvalue weighted by atomic mass is 9.49. The van der Waals surface area contributed by atoms with Crippen molar-refractivity contribution in [2.24, 2.45) is 11.3 Å². The Morgan fingerprint density at radius 3 is 2.38 bits per heavy atom. The largest absolute Gasteiger partial charge is 0.382 e. The maximum absolute atomic E-state index is 6.98. The van der Waals surface area contributed by atoms with E-state index < -0.39 is 17.6 Å². The second kappa shape index (κ2) is 7.58. The highest BCUT2D eigenvalue weighted by atomic mass is 16.8. The van der Waals surface area contributed by atoms with E-state index >= 15 is 0 Å². The van der Waals surface area contributed by atoms with Gasteiger partial charge in [0.25, 0.3) is 0 Å². The molecule has 37 heavy (non-hydrogen) atoms. The van der Waals surface area contributed by atoms with Crippen LogP contribution in [0.3, 0.4) is 0 Å². The predicted molar refractivity (Wildman–Crippen MR) is 133 cm³/mol. The molecule has 4 aromatic rings. The van der Waals surface area contributed by atoms with E-state index in [1.807, 2.05) is 41.0 Å². The number of ether oxygens (including phenoxy) is 4. The molecule has 2 saturated carbocycles. The Morgan fingerprint density at radius 1 is 0.919 bits per heavy atom. The molecular weight excluding hydrogens is 470 g/mol. The van der Waals surface area contributed by atoms with Crippen molar-refractivity contribution in [3.05, 3.63) is 84.4 Å². The van der Waals surface area contributed by atoms with Crippen molar-refractivity contribution in [1.82, 2.24) is 19.5 Å². The molecule has 0 amide bonds. The summed E-state index contributed by atoms with van der Waals surface area (Å²) in [5.41, 5.74) is 8.79. The first-order valence-electron chi connectivity index (χ1n) is 12.8. The first-order chi connectivity index (χ1) is 18.2. The van der Waals surface area contributed by atoms with Gasteiger partial charge < -0.3 is 24.7 Å². The lowest BCUT2D eigenvalue weighted by Gasteiger charge is -2.71. The maximum atomic E-state index is 6.98. The number of nitrogen functional groups attached to an aromatic ring is 1. The Hall–Kier alpha value is -3.37. The van der Waals surface area contributed by atoms with Gasteiger partial charge in [0, 0.05) is 0 Å². The van der Waals surface area contributed by atoms with Crippen LogP contribution in [-0.4, -0.2) is 43.6 Å². The molecule has 2 unspecified atom stereocenters. The van der Waals surface area contributed by atoms with E-state index in [-0.39, 0.29) is 17.4 Å². The molecule has 4 fully saturated rings. The number of fused-ring (bicyclic) bond motifs is 3. The quantitative estimate of drug-likeness (QED) is 0.394. The van der Waals surface area contributed by atoms with Crippen LogP contribution in [0.5, 0.6) is 0 Å². The topological polar surface area (TPSA) is 107 Å². The van der Waals surface area contributed by atoms with Crippen molar-refractivity contribution in [3.8, 4) is 0 Å². The first-order valence-corrected chi connectivity index (χ1v) is 12.8. The number of hydrogen-bond donors (Lipinski definition) is 1. The van der Waals surface area contributed by atoms with Crippen molar-refractivity contribution >= 4 is 17.0 Å². The van der Waals surface area contributed by atoms with Gasteiger partial charge in [-0.15, -0.1) is 0 Å². The Labute approximate surface area is 213 Å². The molecule has 188 valence electrons. The third-order valence-electron chi connectivity index (χ3n) is 8.78. The summed E-state index contributed by atoms with van der Waals surface area (Å²) in [6, 6.07) is 20.5. The summed E-state index contributed by atoms with van der Waals surface area (Å²) < 4.78 is 28.6. The van der Waals surface area contributed by atoms with Gasteiger partial charge in [-0.2, -0.15) is 0 Å². The minimum atomic E-state index is -0.664. The molecule has 1 spiro atoms. The maximum Gasteiger partial charge on any atom is 0.186 e. The summed E-state index contributed by atoms with van der Waals surface area (Å²) >= 11 is 0. The Morgan fingerprint density at radius 2 is 1.65 bits per heavy atom. The van der Waals surface area contributed by atoms with Crippen LogP contribution in [0.15, 0.2) is 73.3 Å². The van der Waals surface area contributed by atoms with E-state index in [9.17, 15) is 0 Å². The molecule has 2 aromatic heterocycles.